The van der Waals surface area contributed by atoms with E-state index in [1.54, 1.807) is 6.07 Å². The standard InChI is InChI=1S/C23H20F3N3O5/c1-32-15-6-7-18(17(11-15)23(24,25)26)34-16-5-4-14(27-13-16)12-28-21(31)22(8-9-22)29-20(30)19-3-2-10-33-19/h2-7,10-11,13H,8-9,12H2,1H3,(H,28,31)(H,29,30). The van der Waals surface area contributed by atoms with Crippen molar-refractivity contribution >= 4 is 11.8 Å². The van der Waals surface area contributed by atoms with Crippen LogP contribution in [-0.2, 0) is 17.5 Å². The Kier molecular flexibility index (Phi) is 6.18. The number of carbonyl (C=O) groups is 2. The summed E-state index contributed by atoms with van der Waals surface area (Å²) in [5.74, 6) is -0.967. The van der Waals surface area contributed by atoms with Crippen molar-refractivity contribution in [3.05, 3.63) is 71.9 Å². The second kappa shape index (κ2) is 9.08. The minimum atomic E-state index is -4.63. The first kappa shape index (κ1) is 23.1. The summed E-state index contributed by atoms with van der Waals surface area (Å²) in [6.07, 6.45) is -1.01. The molecule has 0 aliphatic heterocycles. The number of ether oxygens (including phenoxy) is 2. The van der Waals surface area contributed by atoms with Crippen LogP contribution in [0.5, 0.6) is 17.2 Å². The number of furan rings is 1. The van der Waals surface area contributed by atoms with Crippen LogP contribution in [0, 0.1) is 0 Å². The van der Waals surface area contributed by atoms with Gasteiger partial charge in [-0.2, -0.15) is 13.2 Å². The molecule has 1 aliphatic rings. The third-order valence-electron chi connectivity index (χ3n) is 5.23. The molecule has 0 atom stereocenters. The zero-order valence-corrected chi connectivity index (χ0v) is 17.9. The number of hydrogen-bond acceptors (Lipinski definition) is 6. The van der Waals surface area contributed by atoms with Crippen molar-refractivity contribution in [1.82, 2.24) is 15.6 Å². The Morgan fingerprint density at radius 1 is 1.15 bits per heavy atom. The molecule has 2 aromatic heterocycles. The molecular formula is C23H20F3N3O5. The van der Waals surface area contributed by atoms with E-state index in [9.17, 15) is 22.8 Å². The van der Waals surface area contributed by atoms with Crippen LogP contribution in [0.4, 0.5) is 13.2 Å². The average Bonchev–Trinajstić information content (AvgIpc) is 3.38. The van der Waals surface area contributed by atoms with Crippen LogP contribution in [0.3, 0.4) is 0 Å². The van der Waals surface area contributed by atoms with Gasteiger partial charge in [0.15, 0.2) is 5.76 Å². The Labute approximate surface area is 192 Å². The lowest BCUT2D eigenvalue weighted by molar-refractivity contribution is -0.138. The fourth-order valence-corrected chi connectivity index (χ4v) is 3.21. The number of halogens is 3. The van der Waals surface area contributed by atoms with Crippen LogP contribution in [-0.4, -0.2) is 29.4 Å². The molecule has 4 rings (SSSR count). The van der Waals surface area contributed by atoms with Gasteiger partial charge >= 0.3 is 6.18 Å². The highest BCUT2D eigenvalue weighted by Crippen LogP contribution is 2.40. The minimum Gasteiger partial charge on any atom is -0.497 e. The minimum absolute atomic E-state index is 0.0534. The number of nitrogens with one attached hydrogen (secondary N) is 2. The molecule has 1 saturated carbocycles. The van der Waals surface area contributed by atoms with Crippen LogP contribution >= 0.6 is 0 Å². The quantitative estimate of drug-likeness (QED) is 0.509. The van der Waals surface area contributed by atoms with E-state index >= 15 is 0 Å². The predicted octanol–water partition coefficient (Wildman–Crippen LogP) is 4.07. The van der Waals surface area contributed by atoms with Gasteiger partial charge in [0.05, 0.1) is 31.8 Å². The molecule has 178 valence electrons. The summed E-state index contributed by atoms with van der Waals surface area (Å²) >= 11 is 0. The highest BCUT2D eigenvalue weighted by Gasteiger charge is 2.51. The largest absolute Gasteiger partial charge is 0.497 e. The molecule has 2 heterocycles. The van der Waals surface area contributed by atoms with Gasteiger partial charge in [0.1, 0.15) is 28.4 Å². The number of pyridine rings is 1. The summed E-state index contributed by atoms with van der Waals surface area (Å²) in [6, 6.07) is 9.43. The number of aromatic nitrogens is 1. The lowest BCUT2D eigenvalue weighted by Gasteiger charge is -2.16. The molecule has 3 aromatic rings. The summed E-state index contributed by atoms with van der Waals surface area (Å²) in [6.45, 7) is 0.0633. The van der Waals surface area contributed by atoms with Gasteiger partial charge in [0, 0.05) is 0 Å². The molecule has 1 fully saturated rings. The second-order valence-corrected chi connectivity index (χ2v) is 7.64. The van der Waals surface area contributed by atoms with Crippen molar-refractivity contribution in [2.45, 2.75) is 31.1 Å². The maximum atomic E-state index is 13.3. The SMILES string of the molecule is COc1ccc(Oc2ccc(CNC(=O)C3(NC(=O)c4ccco4)CC3)nc2)c(C(F)(F)F)c1. The van der Waals surface area contributed by atoms with Gasteiger partial charge in [-0.1, -0.05) is 0 Å². The molecule has 1 aliphatic carbocycles. The zero-order chi connectivity index (χ0) is 24.3. The van der Waals surface area contributed by atoms with Gasteiger partial charge in [-0.3, -0.25) is 14.6 Å². The first-order chi connectivity index (χ1) is 16.2. The molecule has 2 amide bonds. The summed E-state index contributed by atoms with van der Waals surface area (Å²) in [4.78, 5) is 28.9. The van der Waals surface area contributed by atoms with Gasteiger partial charge in [0.25, 0.3) is 5.91 Å². The van der Waals surface area contributed by atoms with Crippen molar-refractivity contribution in [2.24, 2.45) is 0 Å². The van der Waals surface area contributed by atoms with Crippen LogP contribution in [0.1, 0.15) is 34.7 Å². The van der Waals surface area contributed by atoms with Crippen molar-refractivity contribution < 1.29 is 36.7 Å². The van der Waals surface area contributed by atoms with Crippen molar-refractivity contribution in [2.75, 3.05) is 7.11 Å². The van der Waals surface area contributed by atoms with Crippen LogP contribution in [0.15, 0.2) is 59.3 Å². The fraction of sp³-hybridized carbons (Fsp3) is 0.261. The van der Waals surface area contributed by atoms with Gasteiger partial charge in [-0.15, -0.1) is 0 Å². The number of benzene rings is 1. The molecule has 0 radical (unpaired) electrons. The highest BCUT2D eigenvalue weighted by molar-refractivity contribution is 5.99. The van der Waals surface area contributed by atoms with Gasteiger partial charge in [0.2, 0.25) is 5.91 Å². The molecule has 1 aromatic carbocycles. The number of rotatable bonds is 8. The van der Waals surface area contributed by atoms with Crippen molar-refractivity contribution in [3.8, 4) is 17.2 Å². The van der Waals surface area contributed by atoms with E-state index in [4.69, 9.17) is 13.9 Å². The lowest BCUT2D eigenvalue weighted by Crippen LogP contribution is -2.48. The highest BCUT2D eigenvalue weighted by atomic mass is 19.4. The number of alkyl halides is 3. The normalized spacial score (nSPS) is 14.2. The van der Waals surface area contributed by atoms with E-state index in [0.717, 1.165) is 6.07 Å². The lowest BCUT2D eigenvalue weighted by atomic mass is 10.2. The number of hydrogen-bond donors (Lipinski definition) is 2. The molecule has 34 heavy (non-hydrogen) atoms. The predicted molar refractivity (Wildman–Crippen MR) is 112 cm³/mol. The zero-order valence-electron chi connectivity index (χ0n) is 17.9. The van der Waals surface area contributed by atoms with Crippen LogP contribution in [0.25, 0.3) is 0 Å². The summed E-state index contributed by atoms with van der Waals surface area (Å²) in [5, 5.41) is 5.39. The molecule has 2 N–H and O–H groups in total. The van der Waals surface area contributed by atoms with Gasteiger partial charge in [-0.05, 0) is 55.3 Å². The molecule has 0 spiro atoms. The van der Waals surface area contributed by atoms with E-state index in [2.05, 4.69) is 15.6 Å². The van der Waals surface area contributed by atoms with E-state index < -0.39 is 23.2 Å². The summed E-state index contributed by atoms with van der Waals surface area (Å²) in [5.41, 5.74) is -1.51. The van der Waals surface area contributed by atoms with E-state index in [0.29, 0.717) is 18.5 Å². The smallest absolute Gasteiger partial charge is 0.420 e. The van der Waals surface area contributed by atoms with E-state index in [-0.39, 0.29) is 35.5 Å². The maximum Gasteiger partial charge on any atom is 0.420 e. The van der Waals surface area contributed by atoms with Crippen LogP contribution < -0.4 is 20.1 Å². The first-order valence-electron chi connectivity index (χ1n) is 10.2. The molecule has 11 heteroatoms. The summed E-state index contributed by atoms with van der Waals surface area (Å²) < 4.78 is 55.3. The number of amides is 2. The monoisotopic (exact) mass is 475 g/mol. The van der Waals surface area contributed by atoms with Gasteiger partial charge < -0.3 is 24.5 Å². The third kappa shape index (κ3) is 5.13. The topological polar surface area (TPSA) is 103 Å². The molecule has 8 nitrogen and oxygen atoms in total. The molecule has 0 saturated heterocycles. The van der Waals surface area contributed by atoms with Crippen LogP contribution in [0.2, 0.25) is 0 Å². The maximum absolute atomic E-state index is 13.3. The Balaban J connectivity index is 1.36. The van der Waals surface area contributed by atoms with E-state index in [1.807, 2.05) is 0 Å². The van der Waals surface area contributed by atoms with E-state index in [1.165, 1.54) is 49.9 Å². The molecular weight excluding hydrogens is 455 g/mol. The van der Waals surface area contributed by atoms with Gasteiger partial charge in [-0.25, -0.2) is 0 Å². The van der Waals surface area contributed by atoms with Crippen molar-refractivity contribution in [3.63, 3.8) is 0 Å². The Morgan fingerprint density at radius 3 is 2.50 bits per heavy atom. The van der Waals surface area contributed by atoms with Crippen molar-refractivity contribution in [1.29, 1.82) is 0 Å². The second-order valence-electron chi connectivity index (χ2n) is 7.64. The number of nitrogens with zero attached hydrogens (tertiary/aromatic N) is 1. The Bertz CT molecular complexity index is 1170. The molecule has 0 unspecified atom stereocenters. The summed E-state index contributed by atoms with van der Waals surface area (Å²) in [7, 11) is 1.27. The average molecular weight is 475 g/mol. The first-order valence-corrected chi connectivity index (χ1v) is 10.2. The number of methoxy groups -OCH3 is 1. The molecule has 0 bridgehead atoms. The Morgan fingerprint density at radius 2 is 1.91 bits per heavy atom. The number of carbonyl (C=O) groups excluding carboxylic acids is 2. The third-order valence-corrected chi connectivity index (χ3v) is 5.23. The fourth-order valence-electron chi connectivity index (χ4n) is 3.21. The Hall–Kier alpha value is -4.02.